The van der Waals surface area contributed by atoms with Gasteiger partial charge in [-0.2, -0.15) is 0 Å². The van der Waals surface area contributed by atoms with Crippen molar-refractivity contribution >= 4 is 40.7 Å². The number of nitrogens with zero attached hydrogens (tertiary/aromatic N) is 3. The van der Waals surface area contributed by atoms with Crippen molar-refractivity contribution in [2.75, 3.05) is 17.7 Å². The molecule has 0 aliphatic rings. The van der Waals surface area contributed by atoms with Gasteiger partial charge in [-0.25, -0.2) is 4.79 Å². The van der Waals surface area contributed by atoms with E-state index in [0.717, 1.165) is 24.2 Å². The van der Waals surface area contributed by atoms with Crippen molar-refractivity contribution < 1.29 is 14.3 Å². The van der Waals surface area contributed by atoms with Crippen LogP contribution in [0, 0.1) is 0 Å². The summed E-state index contributed by atoms with van der Waals surface area (Å²) in [7, 11) is 0. The van der Waals surface area contributed by atoms with Crippen molar-refractivity contribution in [3.05, 3.63) is 58.8 Å². The summed E-state index contributed by atoms with van der Waals surface area (Å²) in [6, 6.07) is 8.76. The number of thiophene rings is 1. The zero-order valence-corrected chi connectivity index (χ0v) is 19.8. The summed E-state index contributed by atoms with van der Waals surface area (Å²) in [5.41, 5.74) is 2.09. The Balaban J connectivity index is 1.63. The Morgan fingerprint density at radius 3 is 2.72 bits per heavy atom. The van der Waals surface area contributed by atoms with E-state index in [2.05, 4.69) is 40.5 Å². The van der Waals surface area contributed by atoms with Gasteiger partial charge < -0.3 is 10.1 Å². The van der Waals surface area contributed by atoms with Crippen molar-refractivity contribution in [3.63, 3.8) is 0 Å². The summed E-state index contributed by atoms with van der Waals surface area (Å²) < 4.78 is 6.93. The first-order chi connectivity index (χ1) is 15.5. The van der Waals surface area contributed by atoms with Crippen LogP contribution in [0.4, 0.5) is 5.69 Å². The number of nitrogens with one attached hydrogen (secondary N) is 1. The molecule has 0 bridgehead atoms. The molecule has 0 aliphatic carbocycles. The van der Waals surface area contributed by atoms with Gasteiger partial charge in [-0.1, -0.05) is 31.2 Å². The van der Waals surface area contributed by atoms with Crippen LogP contribution in [0.2, 0.25) is 0 Å². The molecule has 3 rings (SSSR count). The first kappa shape index (κ1) is 23.7. The van der Waals surface area contributed by atoms with E-state index >= 15 is 0 Å². The smallest absolute Gasteiger partial charge is 0.338 e. The minimum atomic E-state index is -0.384. The van der Waals surface area contributed by atoms with Crippen molar-refractivity contribution in [2.24, 2.45) is 0 Å². The zero-order valence-electron chi connectivity index (χ0n) is 18.2. The topological polar surface area (TPSA) is 86.1 Å². The van der Waals surface area contributed by atoms with Gasteiger partial charge in [-0.3, -0.25) is 9.36 Å². The average molecular weight is 471 g/mol. The van der Waals surface area contributed by atoms with Gasteiger partial charge in [-0.15, -0.1) is 28.1 Å². The Morgan fingerprint density at radius 1 is 1.25 bits per heavy atom. The molecule has 0 aliphatic heterocycles. The second-order valence-electron chi connectivity index (χ2n) is 6.89. The van der Waals surface area contributed by atoms with Crippen LogP contribution in [0.1, 0.15) is 35.5 Å². The Hall–Kier alpha value is -2.91. The number of aryl methyl sites for hydroxylation is 1. The molecule has 2 aromatic heterocycles. The normalized spacial score (nSPS) is 10.7. The molecule has 0 fully saturated rings. The van der Waals surface area contributed by atoms with Gasteiger partial charge in [-0.05, 0) is 43.7 Å². The van der Waals surface area contributed by atoms with Gasteiger partial charge >= 0.3 is 5.97 Å². The molecule has 1 aromatic carbocycles. The molecule has 0 spiro atoms. The first-order valence-electron chi connectivity index (χ1n) is 10.4. The molecule has 168 valence electrons. The number of thioether (sulfide) groups is 1. The van der Waals surface area contributed by atoms with Gasteiger partial charge in [0.1, 0.15) is 0 Å². The van der Waals surface area contributed by atoms with E-state index in [4.69, 9.17) is 4.74 Å². The number of allylic oxidation sites excluding steroid dienone is 1. The van der Waals surface area contributed by atoms with E-state index in [-0.39, 0.29) is 17.6 Å². The quantitative estimate of drug-likeness (QED) is 0.240. The number of carbonyl (C=O) groups excluding carboxylic acids is 2. The number of anilines is 1. The molecule has 1 amide bonds. The van der Waals surface area contributed by atoms with Gasteiger partial charge in [0.2, 0.25) is 5.91 Å². The van der Waals surface area contributed by atoms with E-state index in [1.807, 2.05) is 4.57 Å². The lowest BCUT2D eigenvalue weighted by atomic mass is 10.2. The molecule has 0 saturated carbocycles. The molecule has 9 heteroatoms. The standard InChI is InChI=1S/C23H26N4O3S2/c1-4-7-19-13-17(14-31-19)21-25-26-23(27(21)12-5-2)32-15-20(28)24-18-10-8-16(9-11-18)22(29)30-6-3/h5,8-11,13-14H,2,4,6-7,12,15H2,1,3H3,(H,24,28). The number of hydrogen-bond donors (Lipinski definition) is 1. The molecule has 32 heavy (non-hydrogen) atoms. The Kier molecular flexibility index (Phi) is 8.64. The summed E-state index contributed by atoms with van der Waals surface area (Å²) in [5, 5.41) is 14.2. The average Bonchev–Trinajstić information content (AvgIpc) is 3.40. The Morgan fingerprint density at radius 2 is 2.03 bits per heavy atom. The number of ether oxygens (including phenoxy) is 1. The van der Waals surface area contributed by atoms with Crippen LogP contribution >= 0.6 is 23.1 Å². The number of amides is 1. The second kappa shape index (κ2) is 11.6. The van der Waals surface area contributed by atoms with Crippen molar-refractivity contribution in [1.82, 2.24) is 14.8 Å². The lowest BCUT2D eigenvalue weighted by Crippen LogP contribution is -2.15. The highest BCUT2D eigenvalue weighted by molar-refractivity contribution is 7.99. The number of aromatic nitrogens is 3. The fourth-order valence-corrected chi connectivity index (χ4v) is 4.73. The number of esters is 1. The summed E-state index contributed by atoms with van der Waals surface area (Å²) in [6.07, 6.45) is 3.94. The van der Waals surface area contributed by atoms with E-state index in [0.29, 0.717) is 29.6 Å². The maximum atomic E-state index is 12.4. The number of hydrogen-bond acceptors (Lipinski definition) is 7. The molecule has 1 N–H and O–H groups in total. The molecule has 2 heterocycles. The SMILES string of the molecule is C=CCn1c(SCC(=O)Nc2ccc(C(=O)OCC)cc2)nnc1-c1csc(CCC)c1. The summed E-state index contributed by atoms with van der Waals surface area (Å²) in [4.78, 5) is 25.5. The maximum Gasteiger partial charge on any atom is 0.338 e. The minimum Gasteiger partial charge on any atom is -0.462 e. The van der Waals surface area contributed by atoms with Crippen LogP contribution in [0.25, 0.3) is 11.4 Å². The van der Waals surface area contributed by atoms with E-state index < -0.39 is 0 Å². The molecule has 0 radical (unpaired) electrons. The van der Waals surface area contributed by atoms with Crippen LogP contribution < -0.4 is 5.32 Å². The third-order valence-corrected chi connectivity index (χ3v) is 6.41. The zero-order chi connectivity index (χ0) is 22.9. The van der Waals surface area contributed by atoms with Crippen molar-refractivity contribution in [3.8, 4) is 11.4 Å². The van der Waals surface area contributed by atoms with Crippen LogP contribution in [0.5, 0.6) is 0 Å². The van der Waals surface area contributed by atoms with Crippen molar-refractivity contribution in [2.45, 2.75) is 38.4 Å². The maximum absolute atomic E-state index is 12.4. The number of carbonyl (C=O) groups is 2. The Bertz CT molecular complexity index is 1070. The van der Waals surface area contributed by atoms with Gasteiger partial charge in [0.25, 0.3) is 0 Å². The molecule has 0 saturated heterocycles. The van der Waals surface area contributed by atoms with Crippen LogP contribution in [0.15, 0.2) is 53.5 Å². The predicted molar refractivity (Wildman–Crippen MR) is 129 cm³/mol. The highest BCUT2D eigenvalue weighted by Crippen LogP contribution is 2.28. The van der Waals surface area contributed by atoms with E-state index in [1.54, 1.807) is 48.6 Å². The molecular weight excluding hydrogens is 444 g/mol. The monoisotopic (exact) mass is 470 g/mol. The van der Waals surface area contributed by atoms with Gasteiger partial charge in [0.15, 0.2) is 11.0 Å². The lowest BCUT2D eigenvalue weighted by Gasteiger charge is -2.08. The molecule has 0 atom stereocenters. The van der Waals surface area contributed by atoms with E-state index in [1.165, 1.54) is 16.6 Å². The summed E-state index contributed by atoms with van der Waals surface area (Å²) in [6.45, 7) is 8.63. The third kappa shape index (κ3) is 6.08. The predicted octanol–water partition coefficient (Wildman–Crippen LogP) is 5.05. The summed E-state index contributed by atoms with van der Waals surface area (Å²) in [5.74, 6) is 0.403. The highest BCUT2D eigenvalue weighted by atomic mass is 32.2. The fourth-order valence-electron chi connectivity index (χ4n) is 3.01. The fraction of sp³-hybridized carbons (Fsp3) is 0.304. The van der Waals surface area contributed by atoms with Gasteiger partial charge in [0, 0.05) is 28.1 Å². The largest absolute Gasteiger partial charge is 0.462 e. The highest BCUT2D eigenvalue weighted by Gasteiger charge is 2.16. The molecule has 7 nitrogen and oxygen atoms in total. The minimum absolute atomic E-state index is 0.172. The number of benzene rings is 1. The molecular formula is C23H26N4O3S2. The Labute approximate surface area is 195 Å². The third-order valence-electron chi connectivity index (χ3n) is 4.45. The van der Waals surface area contributed by atoms with Crippen molar-refractivity contribution in [1.29, 1.82) is 0 Å². The molecule has 0 unspecified atom stereocenters. The van der Waals surface area contributed by atoms with Crippen LogP contribution in [0.3, 0.4) is 0 Å². The van der Waals surface area contributed by atoms with Crippen LogP contribution in [-0.4, -0.2) is 39.0 Å². The second-order valence-corrected chi connectivity index (χ2v) is 8.83. The lowest BCUT2D eigenvalue weighted by molar-refractivity contribution is -0.113. The van der Waals surface area contributed by atoms with E-state index in [9.17, 15) is 9.59 Å². The van der Waals surface area contributed by atoms with Gasteiger partial charge in [0.05, 0.1) is 17.9 Å². The number of rotatable bonds is 11. The summed E-state index contributed by atoms with van der Waals surface area (Å²) >= 11 is 3.04. The molecule has 3 aromatic rings. The van der Waals surface area contributed by atoms with Crippen LogP contribution in [-0.2, 0) is 22.5 Å². The first-order valence-corrected chi connectivity index (χ1v) is 12.2.